The van der Waals surface area contributed by atoms with E-state index in [2.05, 4.69) is 15.2 Å². The summed E-state index contributed by atoms with van der Waals surface area (Å²) in [6.45, 7) is 0. The van der Waals surface area contributed by atoms with Crippen molar-refractivity contribution in [2.24, 2.45) is 5.10 Å². The largest absolute Gasteiger partial charge is 0.507 e. The van der Waals surface area contributed by atoms with Crippen LogP contribution < -0.4 is 14.9 Å². The highest BCUT2D eigenvalue weighted by atomic mass is 32.2. The third-order valence-electron chi connectivity index (χ3n) is 2.61. The van der Waals surface area contributed by atoms with Crippen LogP contribution in [0.1, 0.15) is 5.56 Å². The first-order valence-corrected chi connectivity index (χ1v) is 7.18. The number of carbonyl (C=O) groups excluding carboxylic acids is 1. The number of rotatable bonds is 5. The molecule has 0 atom stereocenters. The van der Waals surface area contributed by atoms with Gasteiger partial charge in [0.2, 0.25) is 0 Å². The first-order chi connectivity index (χ1) is 10.7. The van der Waals surface area contributed by atoms with Crippen molar-refractivity contribution in [2.45, 2.75) is 4.90 Å². The third-order valence-corrected chi connectivity index (χ3v) is 3.40. The smallest absolute Gasteiger partial charge is 0.345 e. The highest BCUT2D eigenvalue weighted by Gasteiger charge is 2.02. The van der Waals surface area contributed by atoms with Gasteiger partial charge >= 0.3 is 6.03 Å². The van der Waals surface area contributed by atoms with E-state index in [1.165, 1.54) is 31.3 Å². The van der Waals surface area contributed by atoms with Gasteiger partial charge in [-0.05, 0) is 42.3 Å². The molecule has 2 aromatic rings. The number of methoxy groups -OCH3 is 1. The van der Waals surface area contributed by atoms with Crippen LogP contribution in [0, 0.1) is 0 Å². The van der Waals surface area contributed by atoms with Crippen molar-refractivity contribution in [2.75, 3.05) is 7.11 Å². The number of amides is 2. The number of urea groups is 1. The lowest BCUT2D eigenvalue weighted by Crippen LogP contribution is -2.27. The monoisotopic (exact) mass is 317 g/mol. The Labute approximate surface area is 132 Å². The fourth-order valence-electron chi connectivity index (χ4n) is 1.54. The van der Waals surface area contributed by atoms with E-state index < -0.39 is 6.03 Å². The van der Waals surface area contributed by atoms with Gasteiger partial charge < -0.3 is 9.84 Å². The lowest BCUT2D eigenvalue weighted by Gasteiger charge is -2.04. The predicted octanol–water partition coefficient (Wildman–Crippen LogP) is 2.74. The number of aromatic hydroxyl groups is 1. The van der Waals surface area contributed by atoms with Crippen LogP contribution >= 0.6 is 11.9 Å². The maximum atomic E-state index is 11.6. The van der Waals surface area contributed by atoms with E-state index in [9.17, 15) is 9.90 Å². The topological polar surface area (TPSA) is 83.0 Å². The summed E-state index contributed by atoms with van der Waals surface area (Å²) >= 11 is 1.18. The number of hydrogen-bond donors (Lipinski definition) is 3. The molecule has 3 N–H and O–H groups in total. The zero-order valence-electron chi connectivity index (χ0n) is 11.8. The Hall–Kier alpha value is -2.67. The normalized spacial score (nSPS) is 10.4. The van der Waals surface area contributed by atoms with Crippen LogP contribution in [0.4, 0.5) is 4.79 Å². The molecule has 0 heterocycles. The van der Waals surface area contributed by atoms with Crippen LogP contribution in [0.5, 0.6) is 11.5 Å². The minimum absolute atomic E-state index is 0.0467. The number of ether oxygens (including phenoxy) is 1. The number of phenolic OH excluding ortho intramolecular Hbond substituents is 1. The van der Waals surface area contributed by atoms with Crippen LogP contribution in [0.15, 0.2) is 58.5 Å². The molecule has 0 radical (unpaired) electrons. The lowest BCUT2D eigenvalue weighted by atomic mass is 10.2. The predicted molar refractivity (Wildman–Crippen MR) is 86.2 cm³/mol. The number of nitrogens with one attached hydrogen (secondary N) is 2. The molecule has 0 fully saturated rings. The summed E-state index contributed by atoms with van der Waals surface area (Å²) in [6, 6.07) is 13.7. The van der Waals surface area contributed by atoms with Gasteiger partial charge in [-0.2, -0.15) is 5.10 Å². The van der Waals surface area contributed by atoms with E-state index in [4.69, 9.17) is 4.74 Å². The second kappa shape index (κ2) is 7.94. The van der Waals surface area contributed by atoms with E-state index >= 15 is 0 Å². The molecular weight excluding hydrogens is 302 g/mol. The van der Waals surface area contributed by atoms with Crippen LogP contribution in [0.3, 0.4) is 0 Å². The van der Waals surface area contributed by atoms with E-state index in [0.717, 1.165) is 4.90 Å². The molecule has 2 aromatic carbocycles. The second-order valence-corrected chi connectivity index (χ2v) is 5.02. The van der Waals surface area contributed by atoms with Crippen molar-refractivity contribution in [3.05, 3.63) is 54.1 Å². The minimum Gasteiger partial charge on any atom is -0.507 e. The maximum Gasteiger partial charge on any atom is 0.345 e. The molecule has 0 saturated heterocycles. The van der Waals surface area contributed by atoms with Gasteiger partial charge in [-0.3, -0.25) is 4.72 Å². The van der Waals surface area contributed by atoms with Gasteiger partial charge in [0, 0.05) is 10.5 Å². The van der Waals surface area contributed by atoms with Crippen molar-refractivity contribution in [1.82, 2.24) is 10.1 Å². The average molecular weight is 317 g/mol. The van der Waals surface area contributed by atoms with Gasteiger partial charge in [0.15, 0.2) is 0 Å². The number of carbonyl (C=O) groups is 1. The Morgan fingerprint density at radius 2 is 2.05 bits per heavy atom. The van der Waals surface area contributed by atoms with E-state index in [-0.39, 0.29) is 5.75 Å². The number of benzene rings is 2. The Morgan fingerprint density at radius 3 is 2.77 bits per heavy atom. The quantitative estimate of drug-likeness (QED) is 0.450. The zero-order chi connectivity index (χ0) is 15.8. The van der Waals surface area contributed by atoms with Crippen molar-refractivity contribution in [1.29, 1.82) is 0 Å². The molecule has 7 heteroatoms. The van der Waals surface area contributed by atoms with Crippen LogP contribution in [-0.2, 0) is 0 Å². The molecule has 6 nitrogen and oxygen atoms in total. The van der Waals surface area contributed by atoms with Crippen molar-refractivity contribution >= 4 is 24.2 Å². The van der Waals surface area contributed by atoms with Crippen LogP contribution in [0.25, 0.3) is 0 Å². The fraction of sp³-hybridized carbons (Fsp3) is 0.0667. The van der Waals surface area contributed by atoms with Crippen molar-refractivity contribution in [3.8, 4) is 11.5 Å². The second-order valence-electron chi connectivity index (χ2n) is 4.14. The van der Waals surface area contributed by atoms with Crippen molar-refractivity contribution in [3.63, 3.8) is 0 Å². The summed E-state index contributed by atoms with van der Waals surface area (Å²) in [6.07, 6.45) is 1.34. The summed E-state index contributed by atoms with van der Waals surface area (Å²) in [4.78, 5) is 12.5. The molecule has 114 valence electrons. The van der Waals surface area contributed by atoms with Crippen molar-refractivity contribution < 1.29 is 14.6 Å². The Kier molecular flexibility index (Phi) is 5.67. The number of hydrogen-bond acceptors (Lipinski definition) is 5. The summed E-state index contributed by atoms with van der Waals surface area (Å²) in [5.74, 6) is 0.633. The summed E-state index contributed by atoms with van der Waals surface area (Å²) < 4.78 is 7.64. The molecule has 0 aliphatic rings. The summed E-state index contributed by atoms with van der Waals surface area (Å²) in [5.41, 5.74) is 2.75. The summed E-state index contributed by atoms with van der Waals surface area (Å²) in [7, 11) is 1.53. The van der Waals surface area contributed by atoms with Crippen LogP contribution in [0.2, 0.25) is 0 Å². The number of nitrogens with zero attached hydrogens (tertiary/aromatic N) is 1. The van der Waals surface area contributed by atoms with Gasteiger partial charge in [0.1, 0.15) is 11.5 Å². The lowest BCUT2D eigenvalue weighted by molar-refractivity contribution is 0.247. The molecule has 2 rings (SSSR count). The Bertz CT molecular complexity index is 662. The standard InChI is InChI=1S/C15H15N3O3S/c1-21-12-7-8-14(19)11(9-12)10-16-17-15(20)18-22-13-5-3-2-4-6-13/h2-10,19H,1H3,(H2,17,18,20)/b16-10+. The van der Waals surface area contributed by atoms with Gasteiger partial charge in [0.25, 0.3) is 0 Å². The van der Waals surface area contributed by atoms with Gasteiger partial charge in [0.05, 0.1) is 13.3 Å². The molecule has 0 aromatic heterocycles. The molecule has 2 amide bonds. The fourth-order valence-corrected chi connectivity index (χ4v) is 2.09. The van der Waals surface area contributed by atoms with Gasteiger partial charge in [-0.25, -0.2) is 10.2 Å². The molecular formula is C15H15N3O3S. The number of phenols is 1. The van der Waals surface area contributed by atoms with E-state index in [1.807, 2.05) is 30.3 Å². The van der Waals surface area contributed by atoms with Gasteiger partial charge in [-0.15, -0.1) is 0 Å². The van der Waals surface area contributed by atoms with Crippen LogP contribution in [-0.4, -0.2) is 24.5 Å². The minimum atomic E-state index is -0.465. The molecule has 0 aliphatic carbocycles. The Morgan fingerprint density at radius 1 is 1.27 bits per heavy atom. The molecule has 0 spiro atoms. The molecule has 0 aliphatic heterocycles. The number of hydrazone groups is 1. The van der Waals surface area contributed by atoms with Gasteiger partial charge in [-0.1, -0.05) is 18.2 Å². The SMILES string of the molecule is COc1ccc(O)c(/C=N/NC(=O)NSc2ccccc2)c1. The highest BCUT2D eigenvalue weighted by molar-refractivity contribution is 7.98. The first-order valence-electron chi connectivity index (χ1n) is 6.37. The molecule has 0 unspecified atom stereocenters. The molecule has 0 saturated carbocycles. The molecule has 22 heavy (non-hydrogen) atoms. The third kappa shape index (κ3) is 4.71. The highest BCUT2D eigenvalue weighted by Crippen LogP contribution is 2.20. The average Bonchev–Trinajstić information content (AvgIpc) is 2.55. The first kappa shape index (κ1) is 15.7. The van der Waals surface area contributed by atoms with E-state index in [0.29, 0.717) is 11.3 Å². The maximum absolute atomic E-state index is 11.6. The summed E-state index contributed by atoms with van der Waals surface area (Å²) in [5, 5.41) is 13.4. The van der Waals surface area contributed by atoms with E-state index in [1.54, 1.807) is 12.1 Å². The zero-order valence-corrected chi connectivity index (χ0v) is 12.6. The Balaban J connectivity index is 1.85. The molecule has 0 bridgehead atoms.